The summed E-state index contributed by atoms with van der Waals surface area (Å²) in [6.45, 7) is 9.51. The van der Waals surface area contributed by atoms with Crippen molar-refractivity contribution >= 4 is 132 Å². The maximum absolute atomic E-state index is 2.46. The van der Waals surface area contributed by atoms with Crippen molar-refractivity contribution in [2.45, 2.75) is 38.5 Å². The van der Waals surface area contributed by atoms with Crippen LogP contribution in [0.3, 0.4) is 0 Å². The number of nitrogens with zero attached hydrogens (tertiary/aromatic N) is 4. The highest BCUT2D eigenvalue weighted by molar-refractivity contribution is 6.17. The van der Waals surface area contributed by atoms with E-state index < -0.39 is 0 Å². The summed E-state index contributed by atoms with van der Waals surface area (Å²) in [5, 5.41) is 17.8. The van der Waals surface area contributed by atoms with Crippen molar-refractivity contribution in [1.29, 1.82) is 0 Å². The van der Waals surface area contributed by atoms with Gasteiger partial charge in [0.25, 0.3) is 0 Å². The minimum absolute atomic E-state index is 0.121. The maximum atomic E-state index is 2.46. The Labute approximate surface area is 663 Å². The van der Waals surface area contributed by atoms with Crippen LogP contribution in [0.15, 0.2) is 400 Å². The molecule has 4 heteroatoms. The zero-order valence-electron chi connectivity index (χ0n) is 63.9. The lowest BCUT2D eigenvalue weighted by molar-refractivity contribution is 0.660. The van der Waals surface area contributed by atoms with Crippen LogP contribution in [0.2, 0.25) is 0 Å². The second-order valence-corrected chi connectivity index (χ2v) is 32.1. The molecule has 21 aromatic rings. The molecule has 0 spiro atoms. The third-order valence-corrected chi connectivity index (χ3v) is 24.8. The van der Waals surface area contributed by atoms with E-state index in [9.17, 15) is 0 Å². The summed E-state index contributed by atoms with van der Waals surface area (Å²) in [4.78, 5) is 4.77. The lowest BCUT2D eigenvalue weighted by Gasteiger charge is -2.28. The number of aromatic nitrogens is 2. The minimum atomic E-state index is -0.204. The molecule has 23 rings (SSSR count). The van der Waals surface area contributed by atoms with E-state index in [2.05, 4.69) is 447 Å². The second kappa shape index (κ2) is 26.2. The van der Waals surface area contributed by atoms with Crippen LogP contribution in [0, 0.1) is 0 Å². The molecule has 0 bridgehead atoms. The average molecular weight is 1460 g/mol. The Morgan fingerprint density at radius 1 is 0.184 bits per heavy atom. The van der Waals surface area contributed by atoms with Crippen molar-refractivity contribution in [3.8, 4) is 55.9 Å². The van der Waals surface area contributed by atoms with Gasteiger partial charge in [-0.1, -0.05) is 270 Å². The average Bonchev–Trinajstić information content (AvgIpc) is 1.57. The lowest BCUT2D eigenvalue weighted by atomic mass is 9.81. The van der Waals surface area contributed by atoms with Crippen LogP contribution in [-0.2, 0) is 10.8 Å². The minimum Gasteiger partial charge on any atom is -0.310 e. The monoisotopic (exact) mass is 1450 g/mol. The smallest absolute Gasteiger partial charge is 0.0547 e. The molecule has 2 aromatic heterocycles. The highest BCUT2D eigenvalue weighted by atomic mass is 15.1. The molecular weight excluding hydrogens is 1380 g/mol. The third-order valence-electron chi connectivity index (χ3n) is 24.8. The third kappa shape index (κ3) is 10.9. The fraction of sp³-hybridized carbons (Fsp3) is 0.0545. The van der Waals surface area contributed by atoms with Crippen LogP contribution in [0.4, 0.5) is 34.1 Å². The summed E-state index contributed by atoms with van der Waals surface area (Å²) in [5.74, 6) is 0. The van der Waals surface area contributed by atoms with E-state index in [4.69, 9.17) is 0 Å². The van der Waals surface area contributed by atoms with E-state index in [-0.39, 0.29) is 10.8 Å². The highest BCUT2D eigenvalue weighted by Crippen LogP contribution is 2.55. The number of hydrogen-bond donors (Lipinski definition) is 0. The van der Waals surface area contributed by atoms with Crippen molar-refractivity contribution in [2.75, 3.05) is 9.80 Å². The molecule has 0 fully saturated rings. The molecule has 2 aliphatic rings. The first-order valence-corrected chi connectivity index (χ1v) is 39.8. The molecule has 4 nitrogen and oxygen atoms in total. The number of benzene rings is 19. The van der Waals surface area contributed by atoms with Gasteiger partial charge in [0, 0.05) is 77.9 Å². The zero-order chi connectivity index (χ0) is 75.9. The van der Waals surface area contributed by atoms with Gasteiger partial charge in [0.15, 0.2) is 0 Å². The van der Waals surface area contributed by atoms with Crippen LogP contribution in [0.1, 0.15) is 49.9 Å². The molecule has 0 atom stereocenters. The molecule has 0 aliphatic heterocycles. The quantitative estimate of drug-likeness (QED) is 0.136. The molecule has 114 heavy (non-hydrogen) atoms. The van der Waals surface area contributed by atoms with Crippen LogP contribution in [0.25, 0.3) is 153 Å². The molecule has 538 valence electrons. The molecule has 0 N–H and O–H groups in total. The van der Waals surface area contributed by atoms with Crippen molar-refractivity contribution in [1.82, 2.24) is 9.13 Å². The summed E-state index contributed by atoms with van der Waals surface area (Å²) < 4.78 is 4.90. The number of hydrogen-bond acceptors (Lipinski definition) is 2. The van der Waals surface area contributed by atoms with Crippen LogP contribution >= 0.6 is 0 Å². The Hall–Kier alpha value is -14.3. The van der Waals surface area contributed by atoms with Crippen molar-refractivity contribution < 1.29 is 0 Å². The van der Waals surface area contributed by atoms with Gasteiger partial charge in [0.05, 0.1) is 22.1 Å². The van der Waals surface area contributed by atoms with E-state index in [0.717, 1.165) is 39.8 Å². The van der Waals surface area contributed by atoms with Gasteiger partial charge >= 0.3 is 0 Å². The topological polar surface area (TPSA) is 16.3 Å². The predicted octanol–water partition coefficient (Wildman–Crippen LogP) is 30.2. The van der Waals surface area contributed by atoms with Gasteiger partial charge in [0.1, 0.15) is 0 Å². The molecule has 19 aromatic carbocycles. The Balaban J connectivity index is 0.000000139. The first-order chi connectivity index (χ1) is 56.0. The highest BCUT2D eigenvalue weighted by Gasteiger charge is 2.38. The molecule has 2 heterocycles. The van der Waals surface area contributed by atoms with Gasteiger partial charge < -0.3 is 18.9 Å². The molecular formula is C110H78N4. The fourth-order valence-corrected chi connectivity index (χ4v) is 19.0. The number of fused-ring (bicyclic) bond motifs is 17. The second-order valence-electron chi connectivity index (χ2n) is 32.1. The fourth-order valence-electron chi connectivity index (χ4n) is 19.0. The predicted molar refractivity (Wildman–Crippen MR) is 484 cm³/mol. The van der Waals surface area contributed by atoms with Gasteiger partial charge in [-0.25, -0.2) is 0 Å². The van der Waals surface area contributed by atoms with Crippen molar-refractivity contribution in [3.63, 3.8) is 0 Å². The molecule has 0 amide bonds. The molecule has 0 radical (unpaired) electrons. The van der Waals surface area contributed by atoms with E-state index in [1.165, 1.54) is 170 Å². The SMILES string of the molecule is CC1(C)c2cc(N(c3ccccc3)c3ccc(-c4ccc(-n5c6cc7ccccc7cc6c6cc7ccccc7cc65)cc4)cc3)ccc2-c2cc3ccccc3cc21.CC1(C)c2cc(N(c3ccccc3)c3ccc(-c4ccc5ccccc5c4)cc3)ccc2-c2ccc(-n3c4ccccc4c4cc5ccccc5cc43)cc21. The van der Waals surface area contributed by atoms with E-state index >= 15 is 0 Å². The molecule has 0 unspecified atom stereocenters. The summed E-state index contributed by atoms with van der Waals surface area (Å²) in [6, 6.07) is 148. The van der Waals surface area contributed by atoms with Gasteiger partial charge in [-0.3, -0.25) is 0 Å². The number of rotatable bonds is 10. The van der Waals surface area contributed by atoms with Crippen LogP contribution < -0.4 is 9.80 Å². The van der Waals surface area contributed by atoms with E-state index in [1.807, 2.05) is 0 Å². The Kier molecular flexibility index (Phi) is 15.3. The summed E-state index contributed by atoms with van der Waals surface area (Å²) >= 11 is 0. The van der Waals surface area contributed by atoms with E-state index in [1.54, 1.807) is 0 Å². The van der Waals surface area contributed by atoms with Gasteiger partial charge in [-0.05, 0) is 278 Å². The lowest BCUT2D eigenvalue weighted by Crippen LogP contribution is -2.17. The Morgan fingerprint density at radius 3 is 0.991 bits per heavy atom. The molecule has 0 saturated heterocycles. The number of anilines is 6. The Morgan fingerprint density at radius 2 is 0.500 bits per heavy atom. The summed E-state index contributed by atoms with van der Waals surface area (Å²) in [7, 11) is 0. The molecule has 2 aliphatic carbocycles. The Bertz CT molecular complexity index is 7360. The standard InChI is InChI=1S/C57H40N2.C53H38N2/c1-57(2)53-33-42-15-9-6-12-39(42)30-50(53)49-29-28-48(36-54(49)57)58(45-18-4-3-5-19-45)46-24-20-37(21-25-46)38-22-26-47(27-23-38)59-55-34-43-16-10-7-13-40(43)31-51(55)52-32-41-14-8-11-17-44(41)35-56(52)59;1-53(2)49-33-43(54(41-16-4-3-5-17-41)42-24-22-36(23-25-42)40-21-20-35-12-6-7-13-37(35)30-40)26-28-45(49)46-29-27-44(34-50(46)53)55-51-19-11-10-18-47(51)48-31-38-14-8-9-15-39(38)32-52(48)55/h3-36H,1-2H3;3-34H,1-2H3. The first-order valence-electron chi connectivity index (χ1n) is 39.8. The van der Waals surface area contributed by atoms with Crippen LogP contribution in [-0.4, -0.2) is 9.13 Å². The van der Waals surface area contributed by atoms with Crippen LogP contribution in [0.5, 0.6) is 0 Å². The summed E-state index contributed by atoms with van der Waals surface area (Å²) in [5.41, 5.74) is 29.3. The van der Waals surface area contributed by atoms with Crippen molar-refractivity contribution in [2.24, 2.45) is 0 Å². The normalized spacial score (nSPS) is 13.1. The molecule has 0 saturated carbocycles. The van der Waals surface area contributed by atoms with Gasteiger partial charge in [-0.2, -0.15) is 0 Å². The summed E-state index contributed by atoms with van der Waals surface area (Å²) in [6.07, 6.45) is 0. The van der Waals surface area contributed by atoms with E-state index in [0.29, 0.717) is 0 Å². The van der Waals surface area contributed by atoms with Gasteiger partial charge in [-0.15, -0.1) is 0 Å². The van der Waals surface area contributed by atoms with Gasteiger partial charge in [0.2, 0.25) is 0 Å². The maximum Gasteiger partial charge on any atom is 0.0547 e. The zero-order valence-corrected chi connectivity index (χ0v) is 63.9. The number of para-hydroxylation sites is 3. The largest absolute Gasteiger partial charge is 0.310 e. The van der Waals surface area contributed by atoms with Crippen molar-refractivity contribution in [3.05, 3.63) is 423 Å². The first kappa shape index (κ1) is 66.6.